The minimum atomic E-state index is -0.426. The Morgan fingerprint density at radius 2 is 2.00 bits per heavy atom. The quantitative estimate of drug-likeness (QED) is 0.701. The van der Waals surface area contributed by atoms with Crippen LogP contribution in [0.15, 0.2) is 36.7 Å². The van der Waals surface area contributed by atoms with Gasteiger partial charge < -0.3 is 20.0 Å². The molecule has 1 aliphatic rings. The molecule has 2 aromatic heterocycles. The monoisotopic (exact) mass is 385 g/mol. The Labute approximate surface area is 162 Å². The van der Waals surface area contributed by atoms with Gasteiger partial charge in [0.1, 0.15) is 17.4 Å². The molecule has 0 atom stereocenters. The molecule has 3 aromatic rings. The largest absolute Gasteiger partial charge is 0.508 e. The van der Waals surface area contributed by atoms with Gasteiger partial charge in [-0.2, -0.15) is 5.10 Å². The van der Waals surface area contributed by atoms with Gasteiger partial charge in [0.2, 0.25) is 0 Å². The first-order chi connectivity index (χ1) is 13.6. The third-order valence-electron chi connectivity index (χ3n) is 5.48. The number of phenols is 1. The number of piperidine rings is 1. The molecule has 1 saturated heterocycles. The average molecular weight is 385 g/mol. The SMILES string of the molecule is CN(c1ccn2ncc(-c3cc(O)ccc3F)c2n1)C1CCN(CCO)CC1. The molecule has 2 N–H and O–H groups in total. The zero-order valence-electron chi connectivity index (χ0n) is 15.8. The van der Waals surface area contributed by atoms with Gasteiger partial charge in [0.15, 0.2) is 5.65 Å². The number of halogens is 1. The van der Waals surface area contributed by atoms with Crippen molar-refractivity contribution in [2.75, 3.05) is 38.2 Å². The van der Waals surface area contributed by atoms with Gasteiger partial charge in [0, 0.05) is 50.0 Å². The number of phenolic OH excluding ortho intramolecular Hbond substituents is 1. The molecule has 0 unspecified atom stereocenters. The Morgan fingerprint density at radius 1 is 1.21 bits per heavy atom. The number of β-amino-alcohol motifs (C(OH)–C–C–N with tert-alkyl or cyclic N) is 1. The number of aromatic hydroxyl groups is 1. The number of hydrogen-bond donors (Lipinski definition) is 2. The Balaban J connectivity index is 1.62. The molecule has 1 aliphatic heterocycles. The molecule has 0 spiro atoms. The van der Waals surface area contributed by atoms with E-state index >= 15 is 0 Å². The third-order valence-corrected chi connectivity index (χ3v) is 5.48. The maximum absolute atomic E-state index is 14.3. The normalized spacial score (nSPS) is 16.0. The molecule has 0 radical (unpaired) electrons. The first kappa shape index (κ1) is 18.6. The third kappa shape index (κ3) is 3.53. The van der Waals surface area contributed by atoms with Crippen molar-refractivity contribution in [1.29, 1.82) is 0 Å². The van der Waals surface area contributed by atoms with Crippen LogP contribution in [0.25, 0.3) is 16.8 Å². The number of anilines is 1. The number of rotatable bonds is 5. The minimum Gasteiger partial charge on any atom is -0.508 e. The van der Waals surface area contributed by atoms with Crippen LogP contribution >= 0.6 is 0 Å². The Hall–Kier alpha value is -2.71. The lowest BCUT2D eigenvalue weighted by atomic mass is 10.0. The van der Waals surface area contributed by atoms with Gasteiger partial charge in [-0.1, -0.05) is 0 Å². The average Bonchev–Trinajstić information content (AvgIpc) is 3.13. The summed E-state index contributed by atoms with van der Waals surface area (Å²) in [6.07, 6.45) is 5.38. The Morgan fingerprint density at radius 3 is 2.75 bits per heavy atom. The standard InChI is InChI=1S/C20H24FN5O2/c1-24(14-4-7-25(8-5-14)10-11-27)19-6-9-26-20(23-19)17(13-22-26)16-12-15(28)2-3-18(16)21/h2-3,6,9,12-14,27-28H,4-5,7-8,10-11H2,1H3. The van der Waals surface area contributed by atoms with Gasteiger partial charge in [0.25, 0.3) is 0 Å². The fraction of sp³-hybridized carbons (Fsp3) is 0.400. The molecule has 1 aromatic carbocycles. The van der Waals surface area contributed by atoms with E-state index in [0.717, 1.165) is 38.3 Å². The van der Waals surface area contributed by atoms with Crippen molar-refractivity contribution in [1.82, 2.24) is 19.5 Å². The van der Waals surface area contributed by atoms with Crippen molar-refractivity contribution in [3.8, 4) is 16.9 Å². The lowest BCUT2D eigenvalue weighted by Crippen LogP contribution is -2.44. The van der Waals surface area contributed by atoms with E-state index in [1.165, 1.54) is 18.2 Å². The van der Waals surface area contributed by atoms with Crippen molar-refractivity contribution >= 4 is 11.5 Å². The molecule has 0 aliphatic carbocycles. The minimum absolute atomic E-state index is 0.00124. The number of likely N-dealkylation sites (tertiary alicyclic amines) is 1. The first-order valence-electron chi connectivity index (χ1n) is 9.46. The Kier molecular flexibility index (Phi) is 5.15. The van der Waals surface area contributed by atoms with Crippen molar-refractivity contribution in [3.63, 3.8) is 0 Å². The summed E-state index contributed by atoms with van der Waals surface area (Å²) in [6, 6.07) is 6.21. The fourth-order valence-electron chi connectivity index (χ4n) is 3.82. The van der Waals surface area contributed by atoms with Gasteiger partial charge in [-0.3, -0.25) is 0 Å². The zero-order valence-corrected chi connectivity index (χ0v) is 15.8. The van der Waals surface area contributed by atoms with Crippen LogP contribution < -0.4 is 4.90 Å². The summed E-state index contributed by atoms with van der Waals surface area (Å²) in [5.41, 5.74) is 1.37. The predicted molar refractivity (Wildman–Crippen MR) is 105 cm³/mol. The number of nitrogens with zero attached hydrogens (tertiary/aromatic N) is 5. The van der Waals surface area contributed by atoms with E-state index in [1.54, 1.807) is 10.7 Å². The molecule has 8 heteroatoms. The van der Waals surface area contributed by atoms with Crippen LogP contribution in [-0.4, -0.2) is 69.0 Å². The summed E-state index contributed by atoms with van der Waals surface area (Å²) in [4.78, 5) is 9.16. The molecule has 0 amide bonds. The van der Waals surface area contributed by atoms with E-state index in [0.29, 0.717) is 17.3 Å². The Bertz CT molecular complexity index is 968. The van der Waals surface area contributed by atoms with Crippen LogP contribution in [-0.2, 0) is 0 Å². The van der Waals surface area contributed by atoms with E-state index in [4.69, 9.17) is 10.1 Å². The zero-order chi connectivity index (χ0) is 19.7. The summed E-state index contributed by atoms with van der Waals surface area (Å²) < 4.78 is 15.9. The number of hydrogen-bond acceptors (Lipinski definition) is 6. The number of fused-ring (bicyclic) bond motifs is 1. The molecule has 28 heavy (non-hydrogen) atoms. The van der Waals surface area contributed by atoms with Crippen LogP contribution in [0, 0.1) is 5.82 Å². The number of aliphatic hydroxyl groups excluding tert-OH is 1. The van der Waals surface area contributed by atoms with E-state index in [1.807, 2.05) is 19.3 Å². The molecule has 3 heterocycles. The first-order valence-corrected chi connectivity index (χ1v) is 9.46. The second-order valence-corrected chi connectivity index (χ2v) is 7.18. The van der Waals surface area contributed by atoms with Crippen LogP contribution in [0.1, 0.15) is 12.8 Å². The number of aromatic nitrogens is 3. The van der Waals surface area contributed by atoms with Gasteiger partial charge in [-0.05, 0) is 37.1 Å². The van der Waals surface area contributed by atoms with Crippen LogP contribution in [0.3, 0.4) is 0 Å². The molecule has 7 nitrogen and oxygen atoms in total. The van der Waals surface area contributed by atoms with Crippen LogP contribution in [0.4, 0.5) is 10.2 Å². The molecular formula is C20H24FN5O2. The predicted octanol–water partition coefficient (Wildman–Crippen LogP) is 2.13. The van der Waals surface area contributed by atoms with Crippen molar-refractivity contribution in [2.24, 2.45) is 0 Å². The van der Waals surface area contributed by atoms with E-state index in [-0.39, 0.29) is 17.9 Å². The highest BCUT2D eigenvalue weighted by Crippen LogP contribution is 2.30. The van der Waals surface area contributed by atoms with E-state index < -0.39 is 5.82 Å². The number of aliphatic hydroxyl groups is 1. The van der Waals surface area contributed by atoms with Crippen molar-refractivity contribution < 1.29 is 14.6 Å². The second-order valence-electron chi connectivity index (χ2n) is 7.18. The summed E-state index contributed by atoms with van der Waals surface area (Å²) in [5.74, 6) is 0.374. The molecule has 148 valence electrons. The molecule has 4 rings (SSSR count). The lowest BCUT2D eigenvalue weighted by Gasteiger charge is -2.37. The summed E-state index contributed by atoms with van der Waals surface area (Å²) in [5, 5.41) is 23.1. The van der Waals surface area contributed by atoms with Gasteiger partial charge in [0.05, 0.1) is 12.8 Å². The second kappa shape index (κ2) is 7.73. The molecule has 0 bridgehead atoms. The van der Waals surface area contributed by atoms with Crippen molar-refractivity contribution in [3.05, 3.63) is 42.5 Å². The maximum Gasteiger partial charge on any atom is 0.165 e. The van der Waals surface area contributed by atoms with Crippen LogP contribution in [0.5, 0.6) is 5.75 Å². The highest BCUT2D eigenvalue weighted by molar-refractivity contribution is 5.78. The van der Waals surface area contributed by atoms with Gasteiger partial charge in [-0.25, -0.2) is 13.9 Å². The maximum atomic E-state index is 14.3. The topological polar surface area (TPSA) is 77.1 Å². The fourth-order valence-corrected chi connectivity index (χ4v) is 3.82. The van der Waals surface area contributed by atoms with Gasteiger partial charge in [-0.15, -0.1) is 0 Å². The number of benzene rings is 1. The van der Waals surface area contributed by atoms with E-state index in [2.05, 4.69) is 14.9 Å². The smallest absolute Gasteiger partial charge is 0.165 e. The summed E-state index contributed by atoms with van der Waals surface area (Å²) >= 11 is 0. The molecular weight excluding hydrogens is 361 g/mol. The molecule has 0 saturated carbocycles. The van der Waals surface area contributed by atoms with Gasteiger partial charge >= 0.3 is 0 Å². The van der Waals surface area contributed by atoms with Crippen LogP contribution in [0.2, 0.25) is 0 Å². The summed E-state index contributed by atoms with van der Waals surface area (Å²) in [7, 11) is 2.02. The molecule has 1 fully saturated rings. The van der Waals surface area contributed by atoms with Crippen molar-refractivity contribution in [2.45, 2.75) is 18.9 Å². The van der Waals surface area contributed by atoms with E-state index in [9.17, 15) is 9.50 Å². The highest BCUT2D eigenvalue weighted by Gasteiger charge is 2.23. The summed E-state index contributed by atoms with van der Waals surface area (Å²) in [6.45, 7) is 2.80. The highest BCUT2D eigenvalue weighted by atomic mass is 19.1. The lowest BCUT2D eigenvalue weighted by molar-refractivity contribution is 0.164.